The molecule has 2 fully saturated rings. The van der Waals surface area contributed by atoms with E-state index in [1.165, 1.54) is 11.9 Å². The van der Waals surface area contributed by atoms with E-state index in [4.69, 9.17) is 9.47 Å². The second kappa shape index (κ2) is 6.66. The molecule has 4 rings (SSSR count). The number of nitrogens with one attached hydrogen (secondary N) is 2. The molecule has 1 saturated carbocycles. The summed E-state index contributed by atoms with van der Waals surface area (Å²) in [4.78, 5) is 2.37. The van der Waals surface area contributed by atoms with E-state index in [0.29, 0.717) is 12.8 Å². The number of anilines is 1. The monoisotopic (exact) mass is 367 g/mol. The molecule has 2 heterocycles. The maximum Gasteiger partial charge on any atom is 0.231 e. The topological polar surface area (TPSA) is 79.9 Å². The highest BCUT2D eigenvalue weighted by Gasteiger charge is 2.35. The SMILES string of the molecule is CS(=O)(=O)N[C@@H]1CC[C@@H]1NC1CCN(c2ccc3c(c2)OCO3)CC1. The first kappa shape index (κ1) is 16.9. The highest BCUT2D eigenvalue weighted by molar-refractivity contribution is 7.88. The van der Waals surface area contributed by atoms with E-state index in [9.17, 15) is 8.42 Å². The van der Waals surface area contributed by atoms with Gasteiger partial charge in [0, 0.05) is 43.0 Å². The zero-order valence-corrected chi connectivity index (χ0v) is 15.2. The molecule has 8 heteroatoms. The van der Waals surface area contributed by atoms with Crippen molar-refractivity contribution in [3.05, 3.63) is 18.2 Å². The van der Waals surface area contributed by atoms with Crippen molar-refractivity contribution in [2.75, 3.05) is 31.0 Å². The predicted molar refractivity (Wildman–Crippen MR) is 95.7 cm³/mol. The quantitative estimate of drug-likeness (QED) is 0.810. The first-order chi connectivity index (χ1) is 12.0. The largest absolute Gasteiger partial charge is 0.454 e. The van der Waals surface area contributed by atoms with Gasteiger partial charge < -0.3 is 19.7 Å². The zero-order valence-electron chi connectivity index (χ0n) is 14.4. The molecule has 2 aliphatic heterocycles. The van der Waals surface area contributed by atoms with Crippen molar-refractivity contribution < 1.29 is 17.9 Å². The van der Waals surface area contributed by atoms with E-state index in [-0.39, 0.29) is 12.1 Å². The number of rotatable bonds is 5. The van der Waals surface area contributed by atoms with Gasteiger partial charge in [0.1, 0.15) is 0 Å². The lowest BCUT2D eigenvalue weighted by atomic mass is 9.86. The third-order valence-electron chi connectivity index (χ3n) is 5.31. The van der Waals surface area contributed by atoms with Gasteiger partial charge >= 0.3 is 0 Å². The number of piperidine rings is 1. The Morgan fingerprint density at radius 3 is 2.44 bits per heavy atom. The Morgan fingerprint density at radius 1 is 1.04 bits per heavy atom. The van der Waals surface area contributed by atoms with Gasteiger partial charge in [-0.05, 0) is 37.8 Å². The molecular formula is C17H25N3O4S. The Hall–Kier alpha value is -1.51. The van der Waals surface area contributed by atoms with Gasteiger partial charge in [-0.15, -0.1) is 0 Å². The Balaban J connectivity index is 1.29. The van der Waals surface area contributed by atoms with Gasteiger partial charge in [0.05, 0.1) is 6.26 Å². The van der Waals surface area contributed by atoms with Gasteiger partial charge in [0.2, 0.25) is 16.8 Å². The van der Waals surface area contributed by atoms with Gasteiger partial charge in [-0.3, -0.25) is 0 Å². The van der Waals surface area contributed by atoms with Crippen LogP contribution in [0.15, 0.2) is 18.2 Å². The Labute approximate surface area is 148 Å². The molecule has 0 aromatic heterocycles. The Kier molecular flexibility index (Phi) is 4.51. The molecule has 7 nitrogen and oxygen atoms in total. The van der Waals surface area contributed by atoms with E-state index in [1.54, 1.807) is 0 Å². The molecule has 0 amide bonds. The van der Waals surface area contributed by atoms with Crippen LogP contribution in [0.4, 0.5) is 5.69 Å². The molecule has 0 bridgehead atoms. The minimum Gasteiger partial charge on any atom is -0.454 e. The van der Waals surface area contributed by atoms with E-state index < -0.39 is 10.0 Å². The third kappa shape index (κ3) is 3.86. The van der Waals surface area contributed by atoms with Crippen LogP contribution >= 0.6 is 0 Å². The van der Waals surface area contributed by atoms with Crippen molar-refractivity contribution in [3.63, 3.8) is 0 Å². The van der Waals surface area contributed by atoms with Crippen molar-refractivity contribution in [1.29, 1.82) is 0 Å². The number of sulfonamides is 1. The lowest BCUT2D eigenvalue weighted by molar-refractivity contribution is 0.174. The maximum atomic E-state index is 11.4. The second-order valence-electron chi connectivity index (χ2n) is 7.15. The van der Waals surface area contributed by atoms with Crippen molar-refractivity contribution in [2.24, 2.45) is 0 Å². The first-order valence-electron chi connectivity index (χ1n) is 8.86. The highest BCUT2D eigenvalue weighted by atomic mass is 32.2. The number of ether oxygens (including phenoxy) is 2. The predicted octanol–water partition coefficient (Wildman–Crippen LogP) is 1.05. The van der Waals surface area contributed by atoms with Crippen LogP contribution in [0.5, 0.6) is 11.5 Å². The summed E-state index contributed by atoms with van der Waals surface area (Å²) in [5.41, 5.74) is 1.17. The van der Waals surface area contributed by atoms with E-state index in [1.807, 2.05) is 12.1 Å². The molecule has 1 aromatic carbocycles. The fraction of sp³-hybridized carbons (Fsp3) is 0.647. The minimum absolute atomic E-state index is 0.0434. The van der Waals surface area contributed by atoms with Crippen LogP contribution in [0.25, 0.3) is 0 Å². The second-order valence-corrected chi connectivity index (χ2v) is 8.93. The Morgan fingerprint density at radius 2 is 1.76 bits per heavy atom. The van der Waals surface area contributed by atoms with Crippen LogP contribution < -0.4 is 24.4 Å². The third-order valence-corrected chi connectivity index (χ3v) is 6.04. The van der Waals surface area contributed by atoms with Gasteiger partial charge in [0.25, 0.3) is 0 Å². The molecule has 1 aliphatic carbocycles. The fourth-order valence-electron chi connectivity index (χ4n) is 3.80. The minimum atomic E-state index is -3.13. The first-order valence-corrected chi connectivity index (χ1v) is 10.7. The molecule has 3 aliphatic rings. The van der Waals surface area contributed by atoms with E-state index in [2.05, 4.69) is 21.0 Å². The average Bonchev–Trinajstić information content (AvgIpc) is 3.04. The Bertz CT molecular complexity index is 731. The number of benzene rings is 1. The smallest absolute Gasteiger partial charge is 0.231 e. The molecular weight excluding hydrogens is 342 g/mol. The molecule has 2 N–H and O–H groups in total. The number of fused-ring (bicyclic) bond motifs is 1. The summed E-state index contributed by atoms with van der Waals surface area (Å²) in [5, 5.41) is 3.64. The van der Waals surface area contributed by atoms with Gasteiger partial charge in [-0.1, -0.05) is 0 Å². The molecule has 25 heavy (non-hydrogen) atoms. The number of nitrogens with zero attached hydrogens (tertiary/aromatic N) is 1. The molecule has 1 saturated heterocycles. The van der Waals surface area contributed by atoms with Crippen LogP contribution in [0.1, 0.15) is 25.7 Å². The molecule has 1 aromatic rings. The van der Waals surface area contributed by atoms with Crippen molar-refractivity contribution in [2.45, 2.75) is 43.8 Å². The summed E-state index contributed by atoms with van der Waals surface area (Å²) in [6, 6.07) is 6.85. The molecule has 138 valence electrons. The van der Waals surface area contributed by atoms with Crippen LogP contribution in [0, 0.1) is 0 Å². The van der Waals surface area contributed by atoms with Gasteiger partial charge in [0.15, 0.2) is 11.5 Å². The van der Waals surface area contributed by atoms with Gasteiger partial charge in [-0.25, -0.2) is 13.1 Å². The van der Waals surface area contributed by atoms with Gasteiger partial charge in [-0.2, -0.15) is 0 Å². The van der Waals surface area contributed by atoms with Crippen LogP contribution in [0.2, 0.25) is 0 Å². The lowest BCUT2D eigenvalue weighted by Gasteiger charge is -2.42. The molecule has 0 spiro atoms. The summed E-state index contributed by atoms with van der Waals surface area (Å²) in [7, 11) is -3.13. The van der Waals surface area contributed by atoms with E-state index >= 15 is 0 Å². The zero-order chi connectivity index (χ0) is 17.4. The summed E-state index contributed by atoms with van der Waals surface area (Å²) in [6.07, 6.45) is 5.29. The average molecular weight is 367 g/mol. The summed E-state index contributed by atoms with van der Waals surface area (Å²) in [6.45, 7) is 2.26. The molecule has 0 unspecified atom stereocenters. The van der Waals surface area contributed by atoms with E-state index in [0.717, 1.165) is 50.3 Å². The van der Waals surface area contributed by atoms with Crippen molar-refractivity contribution >= 4 is 15.7 Å². The van der Waals surface area contributed by atoms with Crippen LogP contribution in [0.3, 0.4) is 0 Å². The fourth-order valence-corrected chi connectivity index (χ4v) is 4.64. The van der Waals surface area contributed by atoms with Crippen LogP contribution in [-0.4, -0.2) is 52.7 Å². The van der Waals surface area contributed by atoms with Crippen molar-refractivity contribution in [1.82, 2.24) is 10.0 Å². The standard InChI is InChI=1S/C17H25N3O4S/c1-25(21,22)19-15-4-3-14(15)18-12-6-8-20(9-7-12)13-2-5-16-17(10-13)24-11-23-16/h2,5,10,12,14-15,18-19H,3-4,6-9,11H2,1H3/t14-,15+/m0/s1. The maximum absolute atomic E-state index is 11.4. The number of hydrogen-bond acceptors (Lipinski definition) is 6. The van der Waals surface area contributed by atoms with Crippen LogP contribution in [-0.2, 0) is 10.0 Å². The normalized spacial score (nSPS) is 26.5. The number of hydrogen-bond donors (Lipinski definition) is 2. The summed E-state index contributed by atoms with van der Waals surface area (Å²) >= 11 is 0. The molecule has 2 atom stereocenters. The molecule has 0 radical (unpaired) electrons. The highest BCUT2D eigenvalue weighted by Crippen LogP contribution is 2.36. The summed E-state index contributed by atoms with van der Waals surface area (Å²) in [5.74, 6) is 1.64. The lowest BCUT2D eigenvalue weighted by Crippen LogP contribution is -2.60. The van der Waals surface area contributed by atoms with Crippen molar-refractivity contribution in [3.8, 4) is 11.5 Å². The summed E-state index contributed by atoms with van der Waals surface area (Å²) < 4.78 is 36.3.